The van der Waals surface area contributed by atoms with Crippen molar-refractivity contribution in [3.8, 4) is 5.75 Å². The first-order valence-corrected chi connectivity index (χ1v) is 9.02. The van der Waals surface area contributed by atoms with Crippen LogP contribution in [0.25, 0.3) is 0 Å². The maximum absolute atomic E-state index is 11.3. The van der Waals surface area contributed by atoms with Crippen LogP contribution in [-0.4, -0.2) is 37.4 Å². The third-order valence-corrected chi connectivity index (χ3v) is 4.87. The van der Waals surface area contributed by atoms with Gasteiger partial charge in [0.1, 0.15) is 5.75 Å². The van der Waals surface area contributed by atoms with Crippen LogP contribution in [0.2, 0.25) is 5.02 Å². The lowest BCUT2D eigenvalue weighted by Crippen LogP contribution is -2.47. The lowest BCUT2D eigenvalue weighted by atomic mass is 9.77. The molecule has 0 radical (unpaired) electrons. The highest BCUT2D eigenvalue weighted by atomic mass is 35.5. The number of hydrogen-bond donors (Lipinski definition) is 2. The van der Waals surface area contributed by atoms with E-state index in [2.05, 4.69) is 26.1 Å². The van der Waals surface area contributed by atoms with E-state index >= 15 is 0 Å². The number of ether oxygens (including phenoxy) is 2. The van der Waals surface area contributed by atoms with Crippen LogP contribution < -0.4 is 10.1 Å². The van der Waals surface area contributed by atoms with E-state index in [4.69, 9.17) is 21.1 Å². The van der Waals surface area contributed by atoms with Crippen molar-refractivity contribution in [2.75, 3.05) is 20.3 Å². The van der Waals surface area contributed by atoms with Crippen molar-refractivity contribution >= 4 is 17.6 Å². The van der Waals surface area contributed by atoms with E-state index in [9.17, 15) is 9.90 Å². The molecule has 0 aromatic heterocycles. The fourth-order valence-corrected chi connectivity index (χ4v) is 3.35. The molecule has 140 valence electrons. The summed E-state index contributed by atoms with van der Waals surface area (Å²) in [6, 6.07) is 3.76. The van der Waals surface area contributed by atoms with E-state index in [1.165, 1.54) is 0 Å². The average molecular weight is 370 g/mol. The number of rotatable bonds is 7. The lowest BCUT2D eigenvalue weighted by molar-refractivity contribution is -0.137. The van der Waals surface area contributed by atoms with Gasteiger partial charge in [-0.1, -0.05) is 32.4 Å². The summed E-state index contributed by atoms with van der Waals surface area (Å²) in [6.07, 6.45) is 1.64. The average Bonchev–Trinajstić information content (AvgIpc) is 2.50. The molecule has 1 aromatic rings. The number of nitrogens with one attached hydrogen (secondary N) is 1. The molecule has 1 aromatic carbocycles. The van der Waals surface area contributed by atoms with Crippen LogP contribution in [0, 0.1) is 5.41 Å². The Morgan fingerprint density at radius 2 is 2.08 bits per heavy atom. The minimum atomic E-state index is -0.825. The summed E-state index contributed by atoms with van der Waals surface area (Å²) in [5.74, 6) is -0.172. The van der Waals surface area contributed by atoms with Crippen molar-refractivity contribution in [1.82, 2.24) is 5.32 Å². The molecule has 6 heteroatoms. The van der Waals surface area contributed by atoms with Crippen molar-refractivity contribution in [2.45, 2.75) is 52.1 Å². The van der Waals surface area contributed by atoms with Crippen LogP contribution in [0.15, 0.2) is 12.1 Å². The molecular formula is C19H28ClNO4. The highest BCUT2D eigenvalue weighted by Crippen LogP contribution is 2.38. The number of carboxylic acid groups (broad SMARTS) is 1. The van der Waals surface area contributed by atoms with E-state index in [1.807, 2.05) is 12.1 Å². The van der Waals surface area contributed by atoms with Gasteiger partial charge in [0.05, 0.1) is 18.1 Å². The van der Waals surface area contributed by atoms with Crippen LogP contribution in [0.5, 0.6) is 5.75 Å². The topological polar surface area (TPSA) is 67.8 Å². The highest BCUT2D eigenvalue weighted by Gasteiger charge is 2.34. The standard InChI is InChI=1S/C19H28ClNO4/c1-19(2,3)17-9-12-8-16(25-7-5-6-24-4)14(20)10-13(12)15(21-17)11-18(22)23/h8,10,15,17,21H,5-7,9,11H2,1-4H3,(H,22,23). The number of halogens is 1. The zero-order chi connectivity index (χ0) is 18.6. The first-order chi connectivity index (χ1) is 11.7. The minimum absolute atomic E-state index is 0.0214. The van der Waals surface area contributed by atoms with Crippen LogP contribution >= 0.6 is 11.6 Å². The van der Waals surface area contributed by atoms with E-state index in [0.29, 0.717) is 24.0 Å². The number of carbonyl (C=O) groups is 1. The Morgan fingerprint density at radius 3 is 2.68 bits per heavy atom. The van der Waals surface area contributed by atoms with Gasteiger partial charge in [-0.05, 0) is 35.1 Å². The van der Waals surface area contributed by atoms with Gasteiger partial charge in [-0.3, -0.25) is 4.79 Å². The summed E-state index contributed by atoms with van der Waals surface area (Å²) in [5, 5.41) is 13.3. The molecule has 5 nitrogen and oxygen atoms in total. The van der Waals surface area contributed by atoms with E-state index in [1.54, 1.807) is 7.11 Å². The number of fused-ring (bicyclic) bond motifs is 1. The Labute approximate surface area is 154 Å². The summed E-state index contributed by atoms with van der Waals surface area (Å²) >= 11 is 6.37. The number of hydrogen-bond acceptors (Lipinski definition) is 4. The van der Waals surface area contributed by atoms with Crippen molar-refractivity contribution in [3.63, 3.8) is 0 Å². The molecule has 2 unspecified atom stereocenters. The third-order valence-electron chi connectivity index (χ3n) is 4.57. The van der Waals surface area contributed by atoms with Crippen molar-refractivity contribution < 1.29 is 19.4 Å². The first kappa shape index (κ1) is 20.0. The van der Waals surface area contributed by atoms with Crippen LogP contribution in [0.1, 0.15) is 50.8 Å². The van der Waals surface area contributed by atoms with Crippen molar-refractivity contribution in [1.29, 1.82) is 0 Å². The molecule has 0 amide bonds. The largest absolute Gasteiger partial charge is 0.492 e. The van der Waals surface area contributed by atoms with E-state index in [0.717, 1.165) is 24.0 Å². The predicted molar refractivity (Wildman–Crippen MR) is 98.5 cm³/mol. The van der Waals surface area contributed by atoms with Gasteiger partial charge < -0.3 is 19.9 Å². The van der Waals surface area contributed by atoms with Crippen LogP contribution in [0.3, 0.4) is 0 Å². The minimum Gasteiger partial charge on any atom is -0.492 e. The van der Waals surface area contributed by atoms with Crippen LogP contribution in [-0.2, 0) is 16.0 Å². The summed E-state index contributed by atoms with van der Waals surface area (Å²) in [4.78, 5) is 11.3. The number of methoxy groups -OCH3 is 1. The summed E-state index contributed by atoms with van der Waals surface area (Å²) in [7, 11) is 1.66. The van der Waals surface area contributed by atoms with E-state index < -0.39 is 5.97 Å². The molecule has 1 aliphatic heterocycles. The Bertz CT molecular complexity index is 612. The molecule has 2 N–H and O–H groups in total. The zero-order valence-electron chi connectivity index (χ0n) is 15.4. The Balaban J connectivity index is 2.28. The van der Waals surface area contributed by atoms with Gasteiger partial charge in [0.2, 0.25) is 0 Å². The maximum Gasteiger partial charge on any atom is 0.305 e. The summed E-state index contributed by atoms with van der Waals surface area (Å²) < 4.78 is 10.8. The van der Waals surface area contributed by atoms with Crippen molar-refractivity contribution in [3.05, 3.63) is 28.3 Å². The Morgan fingerprint density at radius 1 is 1.36 bits per heavy atom. The predicted octanol–water partition coefficient (Wildman–Crippen LogP) is 3.83. The van der Waals surface area contributed by atoms with Gasteiger partial charge >= 0.3 is 5.97 Å². The summed E-state index contributed by atoms with van der Waals surface area (Å²) in [6.45, 7) is 7.65. The molecule has 2 rings (SSSR count). The normalized spacial score (nSPS) is 20.2. The number of aliphatic carboxylic acids is 1. The Hall–Kier alpha value is -1.30. The maximum atomic E-state index is 11.3. The van der Waals surface area contributed by atoms with E-state index in [-0.39, 0.29) is 23.9 Å². The quantitative estimate of drug-likeness (QED) is 0.715. The van der Waals surface area contributed by atoms with Gasteiger partial charge in [-0.2, -0.15) is 0 Å². The molecule has 0 saturated carbocycles. The van der Waals surface area contributed by atoms with Gasteiger partial charge in [0.15, 0.2) is 0 Å². The smallest absolute Gasteiger partial charge is 0.305 e. The highest BCUT2D eigenvalue weighted by molar-refractivity contribution is 6.32. The van der Waals surface area contributed by atoms with Gasteiger partial charge in [0, 0.05) is 32.2 Å². The SMILES string of the molecule is COCCCOc1cc2c(cc1Cl)C(CC(=O)O)NC(C(C)(C)C)C2. The molecule has 2 atom stereocenters. The van der Waals surface area contributed by atoms with Gasteiger partial charge in [-0.25, -0.2) is 0 Å². The second kappa shape index (κ2) is 8.39. The third kappa shape index (κ3) is 5.33. The first-order valence-electron chi connectivity index (χ1n) is 8.64. The second-order valence-electron chi connectivity index (χ2n) is 7.62. The zero-order valence-corrected chi connectivity index (χ0v) is 16.2. The fraction of sp³-hybridized carbons (Fsp3) is 0.632. The monoisotopic (exact) mass is 369 g/mol. The molecule has 1 heterocycles. The molecule has 0 bridgehead atoms. The molecule has 0 saturated heterocycles. The molecule has 0 aliphatic carbocycles. The van der Waals surface area contributed by atoms with Crippen LogP contribution in [0.4, 0.5) is 0 Å². The lowest BCUT2D eigenvalue weighted by Gasteiger charge is -2.40. The Kier molecular flexibility index (Phi) is 6.72. The van der Waals surface area contributed by atoms with Gasteiger partial charge in [-0.15, -0.1) is 0 Å². The summed E-state index contributed by atoms with van der Waals surface area (Å²) in [5.41, 5.74) is 2.08. The molecule has 0 fully saturated rings. The number of carboxylic acids is 1. The molecule has 0 spiro atoms. The fourth-order valence-electron chi connectivity index (χ4n) is 3.12. The van der Waals surface area contributed by atoms with Gasteiger partial charge in [0.25, 0.3) is 0 Å². The second-order valence-corrected chi connectivity index (χ2v) is 8.02. The number of benzene rings is 1. The molecular weight excluding hydrogens is 342 g/mol. The molecule has 1 aliphatic rings. The van der Waals surface area contributed by atoms with Crippen molar-refractivity contribution in [2.24, 2.45) is 5.41 Å². The molecule has 25 heavy (non-hydrogen) atoms.